The van der Waals surface area contributed by atoms with Crippen LogP contribution in [0.1, 0.15) is 48.4 Å². The maximum Gasteiger partial charge on any atom is 0.123 e. The van der Waals surface area contributed by atoms with Gasteiger partial charge in [-0.25, -0.2) is 4.98 Å². The highest BCUT2D eigenvalue weighted by Gasteiger charge is 2.23. The average molecular weight is 238 g/mol. The molecule has 3 rings (SSSR count). The molecule has 2 fully saturated rings. The number of rotatable bonds is 2. The molecule has 0 aromatic carbocycles. The Kier molecular flexibility index (Phi) is 3.22. The Morgan fingerprint density at radius 2 is 2.25 bits per heavy atom. The van der Waals surface area contributed by atoms with E-state index < -0.39 is 0 Å². The SMILES string of the molecule is c1sc(C2CNCCO2)nc1C1CCCC1. The second-order valence-corrected chi connectivity index (χ2v) is 5.55. The molecular formula is C12H18N2OS. The van der Waals surface area contributed by atoms with Crippen LogP contribution >= 0.6 is 11.3 Å². The first-order valence-electron chi connectivity index (χ1n) is 6.21. The summed E-state index contributed by atoms with van der Waals surface area (Å²) in [5.41, 5.74) is 1.31. The van der Waals surface area contributed by atoms with Crippen LogP contribution in [0, 0.1) is 0 Å². The molecule has 3 nitrogen and oxygen atoms in total. The number of aromatic nitrogens is 1. The first-order valence-corrected chi connectivity index (χ1v) is 7.09. The third-order valence-corrected chi connectivity index (χ3v) is 4.47. The summed E-state index contributed by atoms with van der Waals surface area (Å²) in [5, 5.41) is 6.75. The fourth-order valence-corrected chi connectivity index (χ4v) is 3.53. The second kappa shape index (κ2) is 4.82. The molecule has 0 bridgehead atoms. The third-order valence-electron chi connectivity index (χ3n) is 3.52. The van der Waals surface area contributed by atoms with Crippen LogP contribution < -0.4 is 5.32 Å². The van der Waals surface area contributed by atoms with Gasteiger partial charge in [0.15, 0.2) is 0 Å². The number of hydrogen-bond acceptors (Lipinski definition) is 4. The van der Waals surface area contributed by atoms with Crippen LogP contribution in [0.15, 0.2) is 5.38 Å². The molecule has 1 N–H and O–H groups in total. The summed E-state index contributed by atoms with van der Waals surface area (Å²) in [6.45, 7) is 2.69. The Balaban J connectivity index is 1.71. The van der Waals surface area contributed by atoms with Crippen LogP contribution in [0.4, 0.5) is 0 Å². The van der Waals surface area contributed by atoms with E-state index >= 15 is 0 Å². The smallest absolute Gasteiger partial charge is 0.123 e. The Hall–Kier alpha value is -0.450. The second-order valence-electron chi connectivity index (χ2n) is 4.66. The van der Waals surface area contributed by atoms with Gasteiger partial charge in [-0.05, 0) is 12.8 Å². The van der Waals surface area contributed by atoms with Crippen molar-refractivity contribution in [3.63, 3.8) is 0 Å². The van der Waals surface area contributed by atoms with Gasteiger partial charge in [-0.2, -0.15) is 0 Å². The quantitative estimate of drug-likeness (QED) is 0.859. The Morgan fingerprint density at radius 1 is 1.38 bits per heavy atom. The molecular weight excluding hydrogens is 220 g/mol. The molecule has 2 heterocycles. The van der Waals surface area contributed by atoms with Gasteiger partial charge < -0.3 is 10.1 Å². The molecule has 0 radical (unpaired) electrons. The van der Waals surface area contributed by atoms with E-state index in [4.69, 9.17) is 9.72 Å². The summed E-state index contributed by atoms with van der Waals surface area (Å²) >= 11 is 1.77. The lowest BCUT2D eigenvalue weighted by Gasteiger charge is -2.21. The molecule has 1 saturated carbocycles. The average Bonchev–Trinajstić information content (AvgIpc) is 3.01. The number of nitrogens with zero attached hydrogens (tertiary/aromatic N) is 1. The van der Waals surface area contributed by atoms with Crippen LogP contribution in [0.2, 0.25) is 0 Å². The van der Waals surface area contributed by atoms with Crippen LogP contribution in [-0.2, 0) is 4.74 Å². The largest absolute Gasteiger partial charge is 0.368 e. The zero-order chi connectivity index (χ0) is 10.8. The van der Waals surface area contributed by atoms with Gasteiger partial charge in [-0.3, -0.25) is 0 Å². The van der Waals surface area contributed by atoms with Crippen molar-refractivity contribution in [3.05, 3.63) is 16.1 Å². The predicted molar refractivity (Wildman–Crippen MR) is 64.9 cm³/mol. The zero-order valence-corrected chi connectivity index (χ0v) is 10.3. The lowest BCUT2D eigenvalue weighted by Crippen LogP contribution is -2.33. The summed E-state index contributed by atoms with van der Waals surface area (Å²) in [6.07, 6.45) is 5.59. The highest BCUT2D eigenvalue weighted by molar-refractivity contribution is 7.09. The molecule has 2 aliphatic rings. The standard InChI is InChI=1S/C12H18N2OS/c1-2-4-9(3-1)10-8-16-12(14-10)11-7-13-5-6-15-11/h8-9,11,13H,1-7H2. The summed E-state index contributed by atoms with van der Waals surface area (Å²) in [4.78, 5) is 4.77. The molecule has 1 aliphatic carbocycles. The van der Waals surface area contributed by atoms with E-state index in [2.05, 4.69) is 10.7 Å². The molecule has 0 amide bonds. The summed E-state index contributed by atoms with van der Waals surface area (Å²) in [6, 6.07) is 0. The maximum atomic E-state index is 5.73. The molecule has 1 atom stereocenters. The Bertz CT molecular complexity index is 341. The van der Waals surface area contributed by atoms with Gasteiger partial charge in [-0.1, -0.05) is 12.8 Å². The van der Waals surface area contributed by atoms with Crippen molar-refractivity contribution in [1.82, 2.24) is 10.3 Å². The highest BCUT2D eigenvalue weighted by Crippen LogP contribution is 2.35. The Morgan fingerprint density at radius 3 is 3.00 bits per heavy atom. The first-order chi connectivity index (χ1) is 7.93. The van der Waals surface area contributed by atoms with Crippen molar-refractivity contribution in [1.29, 1.82) is 0 Å². The molecule has 1 aromatic heterocycles. The number of morpholine rings is 1. The van der Waals surface area contributed by atoms with Crippen molar-refractivity contribution in [2.45, 2.75) is 37.7 Å². The summed E-state index contributed by atoms with van der Waals surface area (Å²) in [7, 11) is 0. The molecule has 1 unspecified atom stereocenters. The van der Waals surface area contributed by atoms with E-state index in [1.807, 2.05) is 0 Å². The van der Waals surface area contributed by atoms with Gasteiger partial charge in [0.1, 0.15) is 11.1 Å². The van der Waals surface area contributed by atoms with Crippen molar-refractivity contribution >= 4 is 11.3 Å². The normalized spacial score (nSPS) is 27.4. The van der Waals surface area contributed by atoms with E-state index in [1.165, 1.54) is 31.4 Å². The van der Waals surface area contributed by atoms with Gasteiger partial charge in [0, 0.05) is 24.4 Å². The molecule has 4 heteroatoms. The van der Waals surface area contributed by atoms with E-state index in [0.717, 1.165) is 30.6 Å². The van der Waals surface area contributed by atoms with Crippen LogP contribution in [0.5, 0.6) is 0 Å². The molecule has 1 aromatic rings. The van der Waals surface area contributed by atoms with Crippen LogP contribution in [-0.4, -0.2) is 24.7 Å². The van der Waals surface area contributed by atoms with Gasteiger partial charge >= 0.3 is 0 Å². The Labute approximate surface area is 100 Å². The van der Waals surface area contributed by atoms with Gasteiger partial charge in [0.25, 0.3) is 0 Å². The highest BCUT2D eigenvalue weighted by atomic mass is 32.1. The number of hydrogen-bond donors (Lipinski definition) is 1. The number of thiazole rings is 1. The lowest BCUT2D eigenvalue weighted by atomic mass is 10.1. The van der Waals surface area contributed by atoms with Gasteiger partial charge in [0.05, 0.1) is 12.3 Å². The van der Waals surface area contributed by atoms with Crippen molar-refractivity contribution < 1.29 is 4.74 Å². The molecule has 88 valence electrons. The molecule has 0 spiro atoms. The van der Waals surface area contributed by atoms with E-state index in [1.54, 1.807) is 11.3 Å². The van der Waals surface area contributed by atoms with Gasteiger partial charge in [-0.15, -0.1) is 11.3 Å². The first kappa shape index (κ1) is 10.7. The third kappa shape index (κ3) is 2.14. The van der Waals surface area contributed by atoms with Gasteiger partial charge in [0.2, 0.25) is 0 Å². The van der Waals surface area contributed by atoms with Crippen LogP contribution in [0.3, 0.4) is 0 Å². The minimum absolute atomic E-state index is 0.189. The summed E-state index contributed by atoms with van der Waals surface area (Å²) in [5.74, 6) is 0.724. The zero-order valence-electron chi connectivity index (χ0n) is 9.45. The fraction of sp³-hybridized carbons (Fsp3) is 0.750. The monoisotopic (exact) mass is 238 g/mol. The fourth-order valence-electron chi connectivity index (χ4n) is 2.58. The number of nitrogens with one attached hydrogen (secondary N) is 1. The van der Waals surface area contributed by atoms with Crippen molar-refractivity contribution in [2.24, 2.45) is 0 Å². The summed E-state index contributed by atoms with van der Waals surface area (Å²) < 4.78 is 5.73. The topological polar surface area (TPSA) is 34.1 Å². The van der Waals surface area contributed by atoms with E-state index in [-0.39, 0.29) is 6.10 Å². The lowest BCUT2D eigenvalue weighted by molar-refractivity contribution is 0.0274. The molecule has 16 heavy (non-hydrogen) atoms. The maximum absolute atomic E-state index is 5.73. The molecule has 1 aliphatic heterocycles. The van der Waals surface area contributed by atoms with E-state index in [9.17, 15) is 0 Å². The van der Waals surface area contributed by atoms with E-state index in [0.29, 0.717) is 0 Å². The minimum Gasteiger partial charge on any atom is -0.368 e. The van der Waals surface area contributed by atoms with Crippen molar-refractivity contribution in [2.75, 3.05) is 19.7 Å². The van der Waals surface area contributed by atoms with Crippen LogP contribution in [0.25, 0.3) is 0 Å². The predicted octanol–water partition coefficient (Wildman–Crippen LogP) is 2.46. The number of ether oxygens (including phenoxy) is 1. The minimum atomic E-state index is 0.189. The van der Waals surface area contributed by atoms with Crippen molar-refractivity contribution in [3.8, 4) is 0 Å². The molecule has 1 saturated heterocycles.